The molecule has 0 heterocycles. The quantitative estimate of drug-likeness (QED) is 0.255. The number of carbonyl (C=O) groups is 2. The molecule has 0 amide bonds. The lowest BCUT2D eigenvalue weighted by atomic mass is 10.1. The molecule has 0 aliphatic carbocycles. The van der Waals surface area contributed by atoms with Crippen molar-refractivity contribution >= 4 is 11.9 Å². The largest absolute Gasteiger partial charge is 0.463 e. The molecule has 0 unspecified atom stereocenters. The van der Waals surface area contributed by atoms with Crippen LogP contribution in [-0.2, 0) is 19.1 Å². The van der Waals surface area contributed by atoms with Gasteiger partial charge in [-0.25, -0.2) is 9.59 Å². The van der Waals surface area contributed by atoms with Crippen LogP contribution in [0.5, 0.6) is 0 Å². The van der Waals surface area contributed by atoms with Crippen molar-refractivity contribution in [3.63, 3.8) is 0 Å². The molecular weight excluding hydrogens is 280 g/mol. The van der Waals surface area contributed by atoms with E-state index in [-0.39, 0.29) is 0 Å². The Morgan fingerprint density at radius 1 is 0.727 bits per heavy atom. The minimum absolute atomic E-state index is 0.404. The van der Waals surface area contributed by atoms with Gasteiger partial charge in [0, 0.05) is 12.2 Å². The number of terminal acetylenes is 2. The van der Waals surface area contributed by atoms with Crippen LogP contribution in [0.25, 0.3) is 0 Å². The van der Waals surface area contributed by atoms with Crippen LogP contribution in [0.1, 0.15) is 38.5 Å². The molecule has 0 rings (SSSR count). The summed E-state index contributed by atoms with van der Waals surface area (Å²) >= 11 is 0. The van der Waals surface area contributed by atoms with Gasteiger partial charge in [-0.2, -0.15) is 0 Å². The van der Waals surface area contributed by atoms with Crippen LogP contribution >= 0.6 is 0 Å². The maximum atomic E-state index is 11.1. The Hall–Kier alpha value is -2.46. The molecule has 0 aliphatic heterocycles. The first-order valence-corrected chi connectivity index (χ1v) is 7.29. The third-order valence-corrected chi connectivity index (χ3v) is 2.66. The first-order chi connectivity index (χ1) is 10.7. The highest BCUT2D eigenvalue weighted by molar-refractivity contribution is 5.82. The zero-order valence-electron chi connectivity index (χ0n) is 12.8. The van der Waals surface area contributed by atoms with E-state index in [1.54, 1.807) is 0 Å². The maximum absolute atomic E-state index is 11.1. The minimum Gasteiger partial charge on any atom is -0.463 e. The number of unbranched alkanes of at least 4 members (excludes halogenated alkanes) is 5. The van der Waals surface area contributed by atoms with E-state index in [0.29, 0.717) is 13.2 Å². The lowest BCUT2D eigenvalue weighted by Gasteiger charge is -2.03. The predicted octanol–water partition coefficient (Wildman–Crippen LogP) is 2.79. The summed E-state index contributed by atoms with van der Waals surface area (Å²) in [4.78, 5) is 22.1. The molecule has 0 saturated heterocycles. The molecule has 0 aromatic carbocycles. The fourth-order valence-corrected chi connectivity index (χ4v) is 1.59. The Balaban J connectivity index is 3.31. The highest BCUT2D eigenvalue weighted by Gasteiger charge is 1.98. The summed E-state index contributed by atoms with van der Waals surface area (Å²) in [7, 11) is 0. The molecule has 0 saturated carbocycles. The Kier molecular flexibility index (Phi) is 13.3. The van der Waals surface area contributed by atoms with E-state index in [9.17, 15) is 9.59 Å². The van der Waals surface area contributed by atoms with E-state index in [1.807, 2.05) is 0 Å². The molecule has 22 heavy (non-hydrogen) atoms. The molecule has 0 fully saturated rings. The van der Waals surface area contributed by atoms with Gasteiger partial charge in [0.2, 0.25) is 0 Å². The number of hydrogen-bond donors (Lipinski definition) is 0. The van der Waals surface area contributed by atoms with Crippen molar-refractivity contribution in [1.29, 1.82) is 0 Å². The third-order valence-electron chi connectivity index (χ3n) is 2.66. The Morgan fingerprint density at radius 3 is 1.45 bits per heavy atom. The minimum atomic E-state index is -0.404. The first kappa shape index (κ1) is 19.5. The van der Waals surface area contributed by atoms with Crippen molar-refractivity contribution in [2.45, 2.75) is 38.5 Å². The fraction of sp³-hybridized carbons (Fsp3) is 0.444. The van der Waals surface area contributed by atoms with Crippen molar-refractivity contribution in [3.8, 4) is 24.7 Å². The maximum Gasteiger partial charge on any atom is 0.331 e. The molecule has 0 aromatic heterocycles. The summed E-state index contributed by atoms with van der Waals surface area (Å²) in [6.45, 7) is 0.819. The molecule has 0 bridgehead atoms. The van der Waals surface area contributed by atoms with Gasteiger partial charge in [0.05, 0.1) is 13.2 Å². The summed E-state index contributed by atoms with van der Waals surface area (Å²) in [6, 6.07) is 0. The topological polar surface area (TPSA) is 52.6 Å². The molecule has 0 radical (unpaired) electrons. The van der Waals surface area contributed by atoms with Gasteiger partial charge < -0.3 is 9.47 Å². The van der Waals surface area contributed by atoms with Crippen molar-refractivity contribution < 1.29 is 19.1 Å². The van der Waals surface area contributed by atoms with Crippen LogP contribution in [0.4, 0.5) is 0 Å². The molecular formula is C18H22O4. The van der Waals surface area contributed by atoms with Gasteiger partial charge >= 0.3 is 11.9 Å². The van der Waals surface area contributed by atoms with Gasteiger partial charge in [0.25, 0.3) is 0 Å². The highest BCUT2D eigenvalue weighted by Crippen LogP contribution is 2.06. The highest BCUT2D eigenvalue weighted by atomic mass is 16.5. The van der Waals surface area contributed by atoms with E-state index in [1.165, 1.54) is 24.3 Å². The second-order valence-corrected chi connectivity index (χ2v) is 4.46. The number of allylic oxidation sites excluding steroid dienone is 2. The van der Waals surface area contributed by atoms with E-state index in [2.05, 4.69) is 11.8 Å². The molecule has 0 aromatic rings. The Morgan fingerprint density at radius 2 is 1.09 bits per heavy atom. The van der Waals surface area contributed by atoms with Crippen LogP contribution in [0.15, 0.2) is 24.3 Å². The predicted molar refractivity (Wildman–Crippen MR) is 85.6 cm³/mol. The van der Waals surface area contributed by atoms with Gasteiger partial charge in [0.15, 0.2) is 0 Å². The van der Waals surface area contributed by atoms with Gasteiger partial charge in [-0.05, 0) is 25.0 Å². The van der Waals surface area contributed by atoms with Crippen molar-refractivity contribution in [1.82, 2.24) is 0 Å². The fourth-order valence-electron chi connectivity index (χ4n) is 1.59. The Bertz CT molecular complexity index is 416. The second kappa shape index (κ2) is 14.9. The summed E-state index contributed by atoms with van der Waals surface area (Å²) < 4.78 is 9.90. The van der Waals surface area contributed by atoms with Crippen molar-refractivity contribution in [3.05, 3.63) is 24.3 Å². The van der Waals surface area contributed by atoms with E-state index in [0.717, 1.165) is 38.5 Å². The number of rotatable bonds is 11. The second-order valence-electron chi connectivity index (χ2n) is 4.46. The van der Waals surface area contributed by atoms with Gasteiger partial charge in [-0.3, -0.25) is 0 Å². The molecule has 118 valence electrons. The molecule has 4 heteroatoms. The number of carbonyl (C=O) groups excluding carboxylic acids is 2. The summed E-state index contributed by atoms with van der Waals surface area (Å²) in [5.74, 6) is 3.64. The van der Waals surface area contributed by atoms with Crippen molar-refractivity contribution in [2.24, 2.45) is 0 Å². The first-order valence-electron chi connectivity index (χ1n) is 7.29. The van der Waals surface area contributed by atoms with E-state index in [4.69, 9.17) is 22.3 Å². The molecule has 0 aliphatic rings. The van der Waals surface area contributed by atoms with Crippen LogP contribution in [0, 0.1) is 24.7 Å². The standard InChI is InChI=1S/C18H22O4/c1-3-5-13-17(19)21-15-11-9-7-8-10-12-16-22-18(20)14-6-4-2/h1-2,5-6,13-14H,7-12,15-16H2/b13-5-,14-6-. The van der Waals surface area contributed by atoms with Gasteiger partial charge in [-0.15, -0.1) is 12.8 Å². The average Bonchev–Trinajstić information content (AvgIpc) is 2.52. The lowest BCUT2D eigenvalue weighted by Crippen LogP contribution is -2.02. The van der Waals surface area contributed by atoms with Gasteiger partial charge in [-0.1, -0.05) is 37.5 Å². The summed E-state index contributed by atoms with van der Waals surface area (Å²) in [5.41, 5.74) is 0. The van der Waals surface area contributed by atoms with Crippen LogP contribution < -0.4 is 0 Å². The smallest absolute Gasteiger partial charge is 0.331 e. The third kappa shape index (κ3) is 14.0. The Labute approximate surface area is 132 Å². The molecule has 0 atom stereocenters. The molecule has 4 nitrogen and oxygen atoms in total. The summed E-state index contributed by atoms with van der Waals surface area (Å²) in [5, 5.41) is 0. The summed E-state index contributed by atoms with van der Waals surface area (Å²) in [6.07, 6.45) is 20.8. The average molecular weight is 302 g/mol. The monoisotopic (exact) mass is 302 g/mol. The molecule has 0 N–H and O–H groups in total. The number of esters is 2. The van der Waals surface area contributed by atoms with Crippen LogP contribution in [0.3, 0.4) is 0 Å². The van der Waals surface area contributed by atoms with E-state index < -0.39 is 11.9 Å². The van der Waals surface area contributed by atoms with Crippen LogP contribution in [-0.4, -0.2) is 25.2 Å². The van der Waals surface area contributed by atoms with E-state index >= 15 is 0 Å². The SMILES string of the molecule is C#C/C=C\C(=O)OCCCCCCCCOC(=O)/C=C\C#C. The van der Waals surface area contributed by atoms with Crippen molar-refractivity contribution in [2.75, 3.05) is 13.2 Å². The molecule has 0 spiro atoms. The van der Waals surface area contributed by atoms with Crippen LogP contribution in [0.2, 0.25) is 0 Å². The normalized spacial score (nSPS) is 10.3. The lowest BCUT2D eigenvalue weighted by molar-refractivity contribution is -0.138. The van der Waals surface area contributed by atoms with Gasteiger partial charge in [0.1, 0.15) is 0 Å². The zero-order chi connectivity index (χ0) is 16.5. The zero-order valence-corrected chi connectivity index (χ0v) is 12.8. The number of hydrogen-bond acceptors (Lipinski definition) is 4. The number of ether oxygens (including phenoxy) is 2.